The summed E-state index contributed by atoms with van der Waals surface area (Å²) in [4.78, 5) is 4.57. The number of anilines is 1. The molecule has 138 valence electrons. The van der Waals surface area contributed by atoms with Gasteiger partial charge in [-0.05, 0) is 85.8 Å². The van der Waals surface area contributed by atoms with Gasteiger partial charge < -0.3 is 4.90 Å². The van der Waals surface area contributed by atoms with Gasteiger partial charge in [-0.1, -0.05) is 18.2 Å². The quantitative estimate of drug-likeness (QED) is 0.434. The van der Waals surface area contributed by atoms with Crippen LogP contribution in [0.2, 0.25) is 0 Å². The van der Waals surface area contributed by atoms with Crippen molar-refractivity contribution in [3.8, 4) is 0 Å². The molecule has 0 N–H and O–H groups in total. The van der Waals surface area contributed by atoms with Crippen LogP contribution in [0, 0.1) is 30.6 Å². The first-order chi connectivity index (χ1) is 13.2. The molecule has 1 aromatic carbocycles. The molecule has 0 atom stereocenters. The molecule has 1 nitrogen and oxygen atoms in total. The van der Waals surface area contributed by atoms with Crippen LogP contribution < -0.4 is 4.90 Å². The lowest BCUT2D eigenvalue weighted by atomic mass is 9.47. The highest BCUT2D eigenvalue weighted by Crippen LogP contribution is 2.68. The molecule has 4 bridgehead atoms. The Morgan fingerprint density at radius 1 is 0.963 bits per heavy atom. The Balaban J connectivity index is 1.52. The maximum atomic E-state index is 2.90. The number of nitrogens with zero attached hydrogens (tertiary/aromatic N) is 1. The maximum Gasteiger partial charge on any atom is 0.0872 e. The van der Waals surface area contributed by atoms with E-state index in [1.54, 1.807) is 19.8 Å². The second-order valence-corrected chi connectivity index (χ2v) is 11.8. The van der Waals surface area contributed by atoms with Gasteiger partial charge >= 0.3 is 0 Å². The molecule has 2 aromatic heterocycles. The first-order valence-corrected chi connectivity index (χ1v) is 12.3. The summed E-state index contributed by atoms with van der Waals surface area (Å²) < 4.78 is 1.57. The molecule has 3 aromatic rings. The van der Waals surface area contributed by atoms with Crippen LogP contribution in [0.25, 0.3) is 9.40 Å². The largest absolute Gasteiger partial charge is 0.356 e. The predicted molar refractivity (Wildman–Crippen MR) is 116 cm³/mol. The normalized spacial score (nSPS) is 36.3. The first kappa shape index (κ1) is 15.6. The van der Waals surface area contributed by atoms with Gasteiger partial charge in [0, 0.05) is 21.5 Å². The van der Waals surface area contributed by atoms with Crippen molar-refractivity contribution in [2.24, 2.45) is 23.7 Å². The minimum Gasteiger partial charge on any atom is -0.356 e. The Morgan fingerprint density at radius 2 is 1.70 bits per heavy atom. The third-order valence-corrected chi connectivity index (χ3v) is 10.6. The summed E-state index contributed by atoms with van der Waals surface area (Å²) in [6.45, 7) is 3.44. The molecule has 5 aliphatic rings. The Kier molecular flexibility index (Phi) is 2.99. The van der Waals surface area contributed by atoms with Gasteiger partial charge in [-0.25, -0.2) is 0 Å². The molecular formula is C24H25NS2. The summed E-state index contributed by atoms with van der Waals surface area (Å²) in [6.07, 6.45) is 7.40. The molecule has 3 heterocycles. The Bertz CT molecular complexity index is 1030. The summed E-state index contributed by atoms with van der Waals surface area (Å²) >= 11 is 4.05. The fourth-order valence-electron chi connectivity index (χ4n) is 7.74. The summed E-state index contributed by atoms with van der Waals surface area (Å²) in [6, 6.07) is 11.6. The van der Waals surface area contributed by atoms with Crippen LogP contribution in [0.1, 0.15) is 48.1 Å². The number of fused-ring (bicyclic) bond motifs is 3. The number of hydrogen-bond acceptors (Lipinski definition) is 3. The maximum absolute atomic E-state index is 2.90. The molecule has 0 radical (unpaired) electrons. The lowest BCUT2D eigenvalue weighted by molar-refractivity contribution is -0.0581. The topological polar surface area (TPSA) is 3.24 Å². The molecule has 4 aliphatic carbocycles. The van der Waals surface area contributed by atoms with E-state index in [9.17, 15) is 0 Å². The van der Waals surface area contributed by atoms with Crippen LogP contribution in [0.15, 0.2) is 35.7 Å². The van der Waals surface area contributed by atoms with Crippen LogP contribution in [-0.4, -0.2) is 0 Å². The van der Waals surface area contributed by atoms with Crippen molar-refractivity contribution in [3.63, 3.8) is 0 Å². The van der Waals surface area contributed by atoms with E-state index in [0.717, 1.165) is 30.2 Å². The van der Waals surface area contributed by atoms with Crippen LogP contribution in [-0.2, 0) is 12.1 Å². The van der Waals surface area contributed by atoms with Crippen molar-refractivity contribution in [2.45, 2.75) is 51.1 Å². The van der Waals surface area contributed by atoms with Crippen molar-refractivity contribution in [1.82, 2.24) is 0 Å². The highest BCUT2D eigenvalue weighted by atomic mass is 32.2. The lowest BCUT2D eigenvalue weighted by Gasteiger charge is -2.63. The molecule has 0 saturated heterocycles. The fraction of sp³-hybridized carbons (Fsp3) is 0.500. The zero-order chi connectivity index (χ0) is 17.8. The Labute approximate surface area is 169 Å². The van der Waals surface area contributed by atoms with Gasteiger partial charge in [0.25, 0.3) is 0 Å². The van der Waals surface area contributed by atoms with Crippen LogP contribution in [0.4, 0.5) is 5.69 Å². The SMILES string of the molecule is Cc1ccccc1N1Cc2sc3sccc3c2C12C1CC3CC(C1)CC2C3. The molecular weight excluding hydrogens is 366 g/mol. The monoisotopic (exact) mass is 391 g/mol. The smallest absolute Gasteiger partial charge is 0.0872 e. The molecule has 4 fully saturated rings. The highest BCUT2D eigenvalue weighted by Gasteiger charge is 2.64. The molecule has 1 aliphatic heterocycles. The van der Waals surface area contributed by atoms with Crippen LogP contribution in [0.3, 0.4) is 0 Å². The predicted octanol–water partition coefficient (Wildman–Crippen LogP) is 6.94. The Morgan fingerprint density at radius 3 is 2.44 bits per heavy atom. The molecule has 4 saturated carbocycles. The van der Waals surface area contributed by atoms with E-state index >= 15 is 0 Å². The van der Waals surface area contributed by atoms with Gasteiger partial charge in [0.2, 0.25) is 0 Å². The van der Waals surface area contributed by atoms with Crippen molar-refractivity contribution in [2.75, 3.05) is 4.90 Å². The minimum absolute atomic E-state index is 0.272. The summed E-state index contributed by atoms with van der Waals surface area (Å²) in [5.41, 5.74) is 4.98. The lowest BCUT2D eigenvalue weighted by Crippen LogP contribution is -2.61. The van der Waals surface area contributed by atoms with E-state index in [4.69, 9.17) is 0 Å². The Hall–Kier alpha value is -1.32. The number of thiophene rings is 2. The summed E-state index contributed by atoms with van der Waals surface area (Å²) in [7, 11) is 0. The van der Waals surface area contributed by atoms with E-state index < -0.39 is 0 Å². The third-order valence-electron chi connectivity index (χ3n) is 8.33. The van der Waals surface area contributed by atoms with Crippen molar-refractivity contribution >= 4 is 37.8 Å². The van der Waals surface area contributed by atoms with E-state index in [0.29, 0.717) is 0 Å². The summed E-state index contributed by atoms with van der Waals surface area (Å²) in [5.74, 6) is 3.73. The minimum atomic E-state index is 0.272. The van der Waals surface area contributed by atoms with Crippen molar-refractivity contribution in [1.29, 1.82) is 0 Å². The molecule has 3 heteroatoms. The number of para-hydroxylation sites is 1. The van der Waals surface area contributed by atoms with Gasteiger partial charge in [0.1, 0.15) is 0 Å². The number of aryl methyl sites for hydroxylation is 1. The number of hydrogen-bond donors (Lipinski definition) is 0. The van der Waals surface area contributed by atoms with Gasteiger partial charge in [-0.2, -0.15) is 0 Å². The molecule has 27 heavy (non-hydrogen) atoms. The van der Waals surface area contributed by atoms with Gasteiger partial charge in [0.05, 0.1) is 16.1 Å². The molecule has 0 amide bonds. The number of rotatable bonds is 1. The molecule has 1 spiro atoms. The standard InChI is InChI=1S/C24H25NS2/c1-14-4-2-3-5-20(14)25-13-21-22(19-6-7-26-23(19)27-21)24(25)17-9-15-8-16(11-17)12-18(24)10-15/h2-7,15-18H,8-13H2,1H3. The average molecular weight is 392 g/mol. The van der Waals surface area contributed by atoms with Gasteiger partial charge in [-0.3, -0.25) is 0 Å². The number of benzene rings is 1. The van der Waals surface area contributed by atoms with Gasteiger partial charge in [0.15, 0.2) is 0 Å². The van der Waals surface area contributed by atoms with E-state index in [1.165, 1.54) is 43.4 Å². The second kappa shape index (κ2) is 5.18. The highest BCUT2D eigenvalue weighted by molar-refractivity contribution is 7.37. The van der Waals surface area contributed by atoms with Crippen molar-refractivity contribution < 1.29 is 0 Å². The molecule has 8 rings (SSSR count). The van der Waals surface area contributed by atoms with E-state index in [-0.39, 0.29) is 5.54 Å². The molecule has 0 unspecified atom stereocenters. The fourth-order valence-corrected chi connectivity index (χ4v) is 10.1. The van der Waals surface area contributed by atoms with E-state index in [1.807, 2.05) is 11.3 Å². The second-order valence-electron chi connectivity index (χ2n) is 9.52. The summed E-state index contributed by atoms with van der Waals surface area (Å²) in [5, 5.41) is 3.92. The first-order valence-electron chi connectivity index (χ1n) is 10.6. The zero-order valence-corrected chi connectivity index (χ0v) is 17.4. The van der Waals surface area contributed by atoms with Crippen LogP contribution in [0.5, 0.6) is 0 Å². The van der Waals surface area contributed by atoms with Gasteiger partial charge in [-0.15, -0.1) is 22.7 Å². The van der Waals surface area contributed by atoms with Crippen molar-refractivity contribution in [3.05, 3.63) is 51.7 Å². The third kappa shape index (κ3) is 1.81. The van der Waals surface area contributed by atoms with E-state index in [2.05, 4.69) is 58.9 Å². The van der Waals surface area contributed by atoms with Crippen LogP contribution >= 0.6 is 22.7 Å². The average Bonchev–Trinajstić information content (AvgIpc) is 3.30. The zero-order valence-electron chi connectivity index (χ0n) is 15.8.